The number of amides is 1. The van der Waals surface area contributed by atoms with Crippen LogP contribution in [0, 0.1) is 6.92 Å². The Balaban J connectivity index is 1.91. The molecule has 8 heteroatoms. The number of carbonyl (C=O) groups is 2. The number of rotatable bonds is 4. The van der Waals surface area contributed by atoms with Crippen LogP contribution in [0.15, 0.2) is 69.2 Å². The number of hydrogen-bond acceptors (Lipinski definition) is 6. The maximum atomic E-state index is 13.0. The highest BCUT2D eigenvalue weighted by Crippen LogP contribution is 2.42. The lowest BCUT2D eigenvalue weighted by molar-refractivity contribution is -0.132. The topological polar surface area (TPSA) is 92.9 Å². The van der Waals surface area contributed by atoms with E-state index in [0.29, 0.717) is 22.6 Å². The molecule has 0 unspecified atom stereocenters. The van der Waals surface area contributed by atoms with E-state index in [-0.39, 0.29) is 17.2 Å². The highest BCUT2D eigenvalue weighted by atomic mass is 79.9. The summed E-state index contributed by atoms with van der Waals surface area (Å²) >= 11 is 3.39. The van der Waals surface area contributed by atoms with Gasteiger partial charge < -0.3 is 14.4 Å². The summed E-state index contributed by atoms with van der Waals surface area (Å²) in [6.07, 6.45) is 0. The zero-order valence-electron chi connectivity index (χ0n) is 16.1. The van der Waals surface area contributed by atoms with Gasteiger partial charge in [0.15, 0.2) is 5.82 Å². The summed E-state index contributed by atoms with van der Waals surface area (Å²) in [7, 11) is 1.54. The Morgan fingerprint density at radius 2 is 1.80 bits per heavy atom. The largest absolute Gasteiger partial charge is 0.507 e. The summed E-state index contributed by atoms with van der Waals surface area (Å²) in [6.45, 7) is 1.69. The van der Waals surface area contributed by atoms with Gasteiger partial charge in [-0.15, -0.1) is 0 Å². The number of anilines is 1. The van der Waals surface area contributed by atoms with Gasteiger partial charge in [0.05, 0.1) is 18.7 Å². The van der Waals surface area contributed by atoms with Gasteiger partial charge in [-0.1, -0.05) is 33.2 Å². The minimum atomic E-state index is -0.857. The molecule has 2 heterocycles. The van der Waals surface area contributed by atoms with Crippen LogP contribution >= 0.6 is 15.9 Å². The van der Waals surface area contributed by atoms with Crippen molar-refractivity contribution in [3.05, 3.63) is 81.5 Å². The molecular formula is C22H17BrN2O5. The zero-order chi connectivity index (χ0) is 21.4. The number of ketones is 1. The molecule has 0 aliphatic carbocycles. The number of halogens is 1. The molecule has 3 aromatic rings. The summed E-state index contributed by atoms with van der Waals surface area (Å²) in [6, 6.07) is 14.5. The standard InChI is InChI=1S/C22H17BrN2O5/c1-12-11-17(24-30-12)25-19(13-3-7-15(23)8-4-13)18(21(27)22(25)28)20(26)14-5-9-16(29-2)10-6-14/h3-11,19,26H,1-2H3/b20-18+/t19-/m0/s1. The maximum Gasteiger partial charge on any atom is 0.301 e. The smallest absolute Gasteiger partial charge is 0.301 e. The van der Waals surface area contributed by atoms with Crippen LogP contribution in [0.4, 0.5) is 5.82 Å². The van der Waals surface area contributed by atoms with Crippen LogP contribution in [0.2, 0.25) is 0 Å². The molecule has 1 saturated heterocycles. The molecule has 0 radical (unpaired) electrons. The van der Waals surface area contributed by atoms with Crippen molar-refractivity contribution in [2.24, 2.45) is 0 Å². The third-order valence-electron chi connectivity index (χ3n) is 4.86. The first-order valence-electron chi connectivity index (χ1n) is 9.05. The first-order valence-corrected chi connectivity index (χ1v) is 9.84. The summed E-state index contributed by atoms with van der Waals surface area (Å²) in [4.78, 5) is 27.2. The summed E-state index contributed by atoms with van der Waals surface area (Å²) in [5.41, 5.74) is 1.02. The fourth-order valence-electron chi connectivity index (χ4n) is 3.40. The Morgan fingerprint density at radius 3 is 2.37 bits per heavy atom. The SMILES string of the molecule is COc1ccc(/C(O)=C2\C(=O)C(=O)N(c3cc(C)on3)[C@H]2c2ccc(Br)cc2)cc1. The second-order valence-corrected chi connectivity index (χ2v) is 7.66. The van der Waals surface area contributed by atoms with Gasteiger partial charge in [0.1, 0.15) is 17.3 Å². The second-order valence-electron chi connectivity index (χ2n) is 6.74. The van der Waals surface area contributed by atoms with E-state index in [4.69, 9.17) is 9.26 Å². The van der Waals surface area contributed by atoms with Gasteiger partial charge in [0.25, 0.3) is 5.78 Å². The number of aryl methyl sites for hydroxylation is 1. The molecule has 1 aliphatic rings. The molecule has 152 valence electrons. The van der Waals surface area contributed by atoms with E-state index < -0.39 is 17.7 Å². The summed E-state index contributed by atoms with van der Waals surface area (Å²) in [5, 5.41) is 14.9. The van der Waals surface area contributed by atoms with Crippen molar-refractivity contribution in [3.8, 4) is 5.75 Å². The number of ether oxygens (including phenoxy) is 1. The first-order chi connectivity index (χ1) is 14.4. The normalized spacial score (nSPS) is 18.1. The van der Waals surface area contributed by atoms with Gasteiger partial charge in [0.2, 0.25) is 0 Å². The van der Waals surface area contributed by atoms with Gasteiger partial charge in [0, 0.05) is 16.1 Å². The van der Waals surface area contributed by atoms with Crippen LogP contribution in [0.5, 0.6) is 5.75 Å². The van der Waals surface area contributed by atoms with Gasteiger partial charge in [-0.05, 0) is 48.9 Å². The molecule has 1 aromatic heterocycles. The van der Waals surface area contributed by atoms with Gasteiger partial charge >= 0.3 is 5.91 Å². The molecule has 0 saturated carbocycles. The number of aliphatic hydroxyl groups excluding tert-OH is 1. The maximum absolute atomic E-state index is 13.0. The van der Waals surface area contributed by atoms with E-state index in [1.807, 2.05) is 0 Å². The highest BCUT2D eigenvalue weighted by Gasteiger charge is 2.48. The Kier molecular flexibility index (Phi) is 5.17. The Morgan fingerprint density at radius 1 is 1.13 bits per heavy atom. The summed E-state index contributed by atoms with van der Waals surface area (Å²) in [5.74, 6) is -0.544. The molecule has 1 aliphatic heterocycles. The first kappa shape index (κ1) is 19.9. The number of methoxy groups -OCH3 is 1. The van der Waals surface area contributed by atoms with Crippen molar-refractivity contribution in [2.45, 2.75) is 13.0 Å². The van der Waals surface area contributed by atoms with E-state index in [9.17, 15) is 14.7 Å². The third kappa shape index (κ3) is 3.39. The molecule has 0 spiro atoms. The van der Waals surface area contributed by atoms with Crippen LogP contribution in [-0.4, -0.2) is 29.1 Å². The lowest BCUT2D eigenvalue weighted by atomic mass is 9.95. The molecule has 1 amide bonds. The van der Waals surface area contributed by atoms with Crippen LogP contribution in [0.3, 0.4) is 0 Å². The summed E-state index contributed by atoms with van der Waals surface area (Å²) < 4.78 is 11.1. The number of carbonyl (C=O) groups excluding carboxylic acids is 2. The quantitative estimate of drug-likeness (QED) is 0.347. The molecule has 30 heavy (non-hydrogen) atoms. The Labute approximate surface area is 180 Å². The predicted molar refractivity (Wildman–Crippen MR) is 113 cm³/mol. The molecule has 1 N–H and O–H groups in total. The molecule has 1 fully saturated rings. The average Bonchev–Trinajstić information content (AvgIpc) is 3.29. The van der Waals surface area contributed by atoms with Crippen LogP contribution in [-0.2, 0) is 9.59 Å². The highest BCUT2D eigenvalue weighted by molar-refractivity contribution is 9.10. The average molecular weight is 469 g/mol. The number of Topliss-reactive ketones (excluding diaryl/α,β-unsaturated/α-hetero) is 1. The number of benzene rings is 2. The van der Waals surface area contributed by atoms with Crippen LogP contribution < -0.4 is 9.64 Å². The molecular weight excluding hydrogens is 452 g/mol. The minimum Gasteiger partial charge on any atom is -0.507 e. The van der Waals surface area contributed by atoms with Gasteiger partial charge in [-0.25, -0.2) is 0 Å². The Hall–Kier alpha value is -3.39. The van der Waals surface area contributed by atoms with Crippen molar-refractivity contribution < 1.29 is 24.0 Å². The fourth-order valence-corrected chi connectivity index (χ4v) is 3.66. The third-order valence-corrected chi connectivity index (χ3v) is 5.38. The van der Waals surface area contributed by atoms with Crippen molar-refractivity contribution in [3.63, 3.8) is 0 Å². The van der Waals surface area contributed by atoms with E-state index >= 15 is 0 Å². The zero-order valence-corrected chi connectivity index (χ0v) is 17.7. The van der Waals surface area contributed by atoms with Crippen LogP contribution in [0.25, 0.3) is 5.76 Å². The van der Waals surface area contributed by atoms with E-state index in [1.165, 1.54) is 12.0 Å². The second kappa shape index (κ2) is 7.79. The van der Waals surface area contributed by atoms with Gasteiger partial charge in [-0.3, -0.25) is 14.5 Å². The van der Waals surface area contributed by atoms with Gasteiger partial charge in [-0.2, -0.15) is 0 Å². The lowest BCUT2D eigenvalue weighted by Gasteiger charge is -2.22. The molecule has 2 aromatic carbocycles. The van der Waals surface area contributed by atoms with E-state index in [2.05, 4.69) is 21.1 Å². The fraction of sp³-hybridized carbons (Fsp3) is 0.136. The predicted octanol–water partition coefficient (Wildman–Crippen LogP) is 4.38. The van der Waals surface area contributed by atoms with Crippen molar-refractivity contribution in [1.82, 2.24) is 5.16 Å². The van der Waals surface area contributed by atoms with Crippen LogP contribution in [0.1, 0.15) is 22.9 Å². The molecule has 1 atom stereocenters. The minimum absolute atomic E-state index is 0.0202. The van der Waals surface area contributed by atoms with E-state index in [1.54, 1.807) is 61.5 Å². The number of aromatic nitrogens is 1. The Bertz CT molecular complexity index is 1150. The molecule has 0 bridgehead atoms. The van der Waals surface area contributed by atoms with Crippen molar-refractivity contribution >= 4 is 39.2 Å². The lowest BCUT2D eigenvalue weighted by Crippen LogP contribution is -2.29. The molecule has 7 nitrogen and oxygen atoms in total. The van der Waals surface area contributed by atoms with Crippen molar-refractivity contribution in [1.29, 1.82) is 0 Å². The number of hydrogen-bond donors (Lipinski definition) is 1. The number of nitrogens with zero attached hydrogens (tertiary/aromatic N) is 2. The monoisotopic (exact) mass is 468 g/mol. The van der Waals surface area contributed by atoms with Crippen molar-refractivity contribution in [2.75, 3.05) is 12.0 Å². The molecule has 4 rings (SSSR count). The van der Waals surface area contributed by atoms with E-state index in [0.717, 1.165) is 4.47 Å². The number of aliphatic hydroxyl groups is 1.